The summed E-state index contributed by atoms with van der Waals surface area (Å²) in [6.45, 7) is 3.70. The summed E-state index contributed by atoms with van der Waals surface area (Å²) >= 11 is 0. The van der Waals surface area contributed by atoms with Crippen molar-refractivity contribution >= 4 is 11.6 Å². The van der Waals surface area contributed by atoms with Crippen molar-refractivity contribution in [3.8, 4) is 23.1 Å². The standard InChI is InChI=1S/C23H15F4N7/c1-22(2)14-6-3-5-13(30-14)19-20(24)12(10-28)11-29-21(19)32-18-9-16(23(25,26)27)33-34(18)17-8-4-7-15(22)31-17/h3-9,11H,1-2H3,(H,29,32). The SMILES string of the molecule is CC1(C)c2cccc(n2)-c2c(ncc(C#N)c2F)Nc2cc(C(F)(F)F)nn2-c2cccc1n2. The lowest BCUT2D eigenvalue weighted by molar-refractivity contribution is -0.141. The molecule has 1 aliphatic rings. The van der Waals surface area contributed by atoms with Gasteiger partial charge in [-0.25, -0.2) is 14.4 Å². The lowest BCUT2D eigenvalue weighted by Crippen LogP contribution is -2.23. The molecule has 0 unspecified atom stereocenters. The maximum absolute atomic E-state index is 15.4. The van der Waals surface area contributed by atoms with Gasteiger partial charge < -0.3 is 5.32 Å². The molecule has 1 aliphatic heterocycles. The van der Waals surface area contributed by atoms with Gasteiger partial charge in [0.2, 0.25) is 0 Å². The van der Waals surface area contributed by atoms with Crippen LogP contribution in [0.25, 0.3) is 17.1 Å². The fourth-order valence-electron chi connectivity index (χ4n) is 3.74. The molecular weight excluding hydrogens is 450 g/mol. The van der Waals surface area contributed by atoms with Gasteiger partial charge in [-0.05, 0) is 38.1 Å². The molecule has 5 rings (SSSR count). The van der Waals surface area contributed by atoms with E-state index < -0.39 is 23.1 Å². The number of nitrogens with one attached hydrogen (secondary N) is 1. The second-order valence-corrected chi connectivity index (χ2v) is 8.18. The van der Waals surface area contributed by atoms with Crippen molar-refractivity contribution in [2.24, 2.45) is 0 Å². The average Bonchev–Trinajstić information content (AvgIpc) is 3.23. The number of hydrogen-bond donors (Lipinski definition) is 1. The minimum atomic E-state index is -4.73. The van der Waals surface area contributed by atoms with E-state index in [2.05, 4.69) is 25.4 Å². The van der Waals surface area contributed by atoms with Crippen LogP contribution in [0.15, 0.2) is 48.7 Å². The summed E-state index contributed by atoms with van der Waals surface area (Å²) in [5.41, 5.74) is -1.20. The number of anilines is 2. The van der Waals surface area contributed by atoms with Gasteiger partial charge in [0.25, 0.3) is 0 Å². The van der Waals surface area contributed by atoms with Gasteiger partial charge in [0, 0.05) is 11.5 Å². The molecule has 0 aromatic carbocycles. The van der Waals surface area contributed by atoms with Crippen LogP contribution < -0.4 is 5.32 Å². The van der Waals surface area contributed by atoms with Gasteiger partial charge in [-0.15, -0.1) is 0 Å². The molecule has 34 heavy (non-hydrogen) atoms. The third-order valence-electron chi connectivity index (χ3n) is 5.62. The monoisotopic (exact) mass is 465 g/mol. The number of hydrogen-bond acceptors (Lipinski definition) is 6. The predicted molar refractivity (Wildman–Crippen MR) is 114 cm³/mol. The molecule has 4 bridgehead atoms. The van der Waals surface area contributed by atoms with Gasteiger partial charge in [-0.1, -0.05) is 12.1 Å². The maximum atomic E-state index is 15.4. The summed E-state index contributed by atoms with van der Waals surface area (Å²) < 4.78 is 57.0. The molecule has 0 fully saturated rings. The van der Waals surface area contributed by atoms with Crippen molar-refractivity contribution in [2.45, 2.75) is 25.4 Å². The lowest BCUT2D eigenvalue weighted by Gasteiger charge is -2.25. The summed E-state index contributed by atoms with van der Waals surface area (Å²) in [5, 5.41) is 15.8. The molecule has 4 aromatic rings. The van der Waals surface area contributed by atoms with E-state index in [1.165, 1.54) is 6.07 Å². The molecule has 0 radical (unpaired) electrons. The molecule has 170 valence electrons. The first-order valence-electron chi connectivity index (χ1n) is 10.1. The number of aromatic nitrogens is 5. The smallest absolute Gasteiger partial charge is 0.324 e. The Morgan fingerprint density at radius 1 is 1.06 bits per heavy atom. The minimum absolute atomic E-state index is 0.120. The number of halogens is 4. The first kappa shape index (κ1) is 21.5. The van der Waals surface area contributed by atoms with Gasteiger partial charge in [0.05, 0.1) is 28.8 Å². The van der Waals surface area contributed by atoms with Crippen LogP contribution in [0.1, 0.15) is 36.5 Å². The summed E-state index contributed by atoms with van der Waals surface area (Å²) in [6.07, 6.45) is -3.72. The zero-order valence-corrected chi connectivity index (χ0v) is 17.8. The van der Waals surface area contributed by atoms with E-state index in [9.17, 15) is 18.4 Å². The van der Waals surface area contributed by atoms with Crippen LogP contribution in [0, 0.1) is 17.1 Å². The highest BCUT2D eigenvalue weighted by molar-refractivity contribution is 5.78. The summed E-state index contributed by atoms with van der Waals surface area (Å²) in [5.74, 6) is -1.02. The second kappa shape index (κ2) is 7.34. The Morgan fingerprint density at radius 2 is 1.76 bits per heavy atom. The maximum Gasteiger partial charge on any atom is 0.435 e. The van der Waals surface area contributed by atoms with Crippen LogP contribution in [-0.2, 0) is 11.6 Å². The van der Waals surface area contributed by atoms with Crippen LogP contribution in [0.2, 0.25) is 0 Å². The Morgan fingerprint density at radius 3 is 2.47 bits per heavy atom. The molecule has 1 N–H and O–H groups in total. The Hall–Kier alpha value is -4.33. The Balaban J connectivity index is 1.88. The molecule has 0 saturated carbocycles. The second-order valence-electron chi connectivity index (χ2n) is 8.18. The highest BCUT2D eigenvalue weighted by Gasteiger charge is 2.36. The van der Waals surface area contributed by atoms with Gasteiger partial charge in [-0.3, -0.25) is 4.98 Å². The van der Waals surface area contributed by atoms with Gasteiger partial charge in [0.1, 0.15) is 23.3 Å². The van der Waals surface area contributed by atoms with Crippen LogP contribution in [0.5, 0.6) is 0 Å². The van der Waals surface area contributed by atoms with Crippen molar-refractivity contribution in [1.29, 1.82) is 5.26 Å². The van der Waals surface area contributed by atoms with E-state index in [1.54, 1.807) is 36.4 Å². The number of fused-ring (bicyclic) bond motifs is 8. The normalized spacial score (nSPS) is 14.0. The van der Waals surface area contributed by atoms with Gasteiger partial charge >= 0.3 is 6.18 Å². The molecular formula is C23H15F4N7. The third-order valence-corrected chi connectivity index (χ3v) is 5.62. The van der Waals surface area contributed by atoms with E-state index in [1.807, 2.05) is 13.8 Å². The highest BCUT2D eigenvalue weighted by Crippen LogP contribution is 2.38. The largest absolute Gasteiger partial charge is 0.435 e. The molecule has 11 heteroatoms. The van der Waals surface area contributed by atoms with E-state index in [0.717, 1.165) is 16.9 Å². The molecule has 0 amide bonds. The molecule has 0 aliphatic carbocycles. The van der Waals surface area contributed by atoms with Crippen LogP contribution in [0.3, 0.4) is 0 Å². The fraction of sp³-hybridized carbons (Fsp3) is 0.174. The molecule has 0 saturated heterocycles. The molecule has 7 nitrogen and oxygen atoms in total. The Kier molecular flexibility index (Phi) is 4.65. The van der Waals surface area contributed by atoms with Gasteiger partial charge in [-0.2, -0.15) is 28.2 Å². The Bertz CT molecular complexity index is 1480. The van der Waals surface area contributed by atoms with Crippen LogP contribution in [0.4, 0.5) is 29.2 Å². The first-order valence-corrected chi connectivity index (χ1v) is 10.1. The van der Waals surface area contributed by atoms with E-state index >= 15 is 4.39 Å². The van der Waals surface area contributed by atoms with Crippen molar-refractivity contribution in [1.82, 2.24) is 24.7 Å². The van der Waals surface area contributed by atoms with E-state index in [-0.39, 0.29) is 34.3 Å². The highest BCUT2D eigenvalue weighted by atomic mass is 19.4. The molecule has 0 spiro atoms. The van der Waals surface area contributed by atoms with Crippen LogP contribution >= 0.6 is 0 Å². The number of rotatable bonds is 0. The van der Waals surface area contributed by atoms with Gasteiger partial charge in [0.15, 0.2) is 17.3 Å². The topological polar surface area (TPSA) is 92.3 Å². The average molecular weight is 465 g/mol. The number of alkyl halides is 3. The number of nitriles is 1. The Labute approximate surface area is 190 Å². The van der Waals surface area contributed by atoms with Crippen LogP contribution in [-0.4, -0.2) is 24.7 Å². The van der Waals surface area contributed by atoms with Crippen molar-refractivity contribution in [2.75, 3.05) is 5.32 Å². The molecule has 4 aromatic heterocycles. The fourth-order valence-corrected chi connectivity index (χ4v) is 3.74. The van der Waals surface area contributed by atoms with E-state index in [4.69, 9.17) is 0 Å². The lowest BCUT2D eigenvalue weighted by atomic mass is 9.84. The summed E-state index contributed by atoms with van der Waals surface area (Å²) in [6, 6.07) is 12.4. The zero-order valence-electron chi connectivity index (χ0n) is 17.8. The zero-order chi connectivity index (χ0) is 24.3. The quantitative estimate of drug-likeness (QED) is 0.362. The van der Waals surface area contributed by atoms with Crippen molar-refractivity contribution in [3.05, 3.63) is 77.1 Å². The predicted octanol–water partition coefficient (Wildman–Crippen LogP) is 5.14. The summed E-state index contributed by atoms with van der Waals surface area (Å²) in [7, 11) is 0. The summed E-state index contributed by atoms with van der Waals surface area (Å²) in [4.78, 5) is 13.3. The number of pyridine rings is 3. The molecule has 0 atom stereocenters. The minimum Gasteiger partial charge on any atom is -0.324 e. The number of nitrogens with zero attached hydrogens (tertiary/aromatic N) is 6. The first-order chi connectivity index (χ1) is 16.1. The van der Waals surface area contributed by atoms with Crippen molar-refractivity contribution < 1.29 is 17.6 Å². The molecule has 5 heterocycles. The third kappa shape index (κ3) is 3.35. The van der Waals surface area contributed by atoms with Crippen molar-refractivity contribution in [3.63, 3.8) is 0 Å². The van der Waals surface area contributed by atoms with E-state index in [0.29, 0.717) is 11.4 Å².